The van der Waals surface area contributed by atoms with Gasteiger partial charge in [-0.1, -0.05) is 19.9 Å². The molecule has 1 unspecified atom stereocenters. The van der Waals surface area contributed by atoms with Gasteiger partial charge in [0.25, 0.3) is 0 Å². The van der Waals surface area contributed by atoms with Crippen LogP contribution in [0.3, 0.4) is 0 Å². The van der Waals surface area contributed by atoms with E-state index in [2.05, 4.69) is 27.7 Å². The minimum absolute atomic E-state index is 0.0367. The lowest BCUT2D eigenvalue weighted by molar-refractivity contribution is 0.103. The number of aromatic amines is 1. The molecule has 9 heteroatoms. The summed E-state index contributed by atoms with van der Waals surface area (Å²) in [5.74, 6) is 0.232. The summed E-state index contributed by atoms with van der Waals surface area (Å²) < 4.78 is 31.8. The number of fused-ring (bicyclic) bond motifs is 4. The van der Waals surface area contributed by atoms with Gasteiger partial charge >= 0.3 is 0 Å². The highest BCUT2D eigenvalue weighted by atomic mass is 32.2. The van der Waals surface area contributed by atoms with Crippen LogP contribution in [0, 0.1) is 11.3 Å². The van der Waals surface area contributed by atoms with Crippen LogP contribution in [0.2, 0.25) is 0 Å². The molecule has 0 saturated carbocycles. The zero-order valence-electron chi connectivity index (χ0n) is 19.2. The lowest BCUT2D eigenvalue weighted by Gasteiger charge is -2.34. The van der Waals surface area contributed by atoms with E-state index in [0.29, 0.717) is 22.4 Å². The molecule has 1 saturated heterocycles. The molecule has 1 aromatic heterocycles. The van der Waals surface area contributed by atoms with Gasteiger partial charge in [0.05, 0.1) is 22.9 Å². The van der Waals surface area contributed by atoms with E-state index in [1.165, 1.54) is 0 Å². The lowest BCUT2D eigenvalue weighted by Crippen LogP contribution is -2.36. The summed E-state index contributed by atoms with van der Waals surface area (Å²) in [4.78, 5) is 19.3. The standard InChI is InChI=1S/C25H26N4O4S/c1-25(2)18-12-21(33-15-6-8-29(3)9-7-15)20(28-34(31)32)11-17(18)23(30)22-16-5-4-14(13-26)10-19(16)27-24(22)25/h4-5,10-12,15,27-28H,6-9H2,1-3H3,(H,31,32)/p-1. The molecule has 2 aromatic carbocycles. The molecule has 176 valence electrons. The predicted octanol–water partition coefficient (Wildman–Crippen LogP) is 3.59. The predicted molar refractivity (Wildman–Crippen MR) is 129 cm³/mol. The second-order valence-electron chi connectivity index (χ2n) is 9.55. The number of nitrogens with one attached hydrogen (secondary N) is 2. The average Bonchev–Trinajstić information content (AvgIpc) is 3.19. The fourth-order valence-electron chi connectivity index (χ4n) is 5.08. The summed E-state index contributed by atoms with van der Waals surface area (Å²) in [6, 6.07) is 10.7. The van der Waals surface area contributed by atoms with Crippen molar-refractivity contribution in [1.29, 1.82) is 5.26 Å². The van der Waals surface area contributed by atoms with Gasteiger partial charge in [-0.3, -0.25) is 9.00 Å². The maximum absolute atomic E-state index is 13.7. The van der Waals surface area contributed by atoms with E-state index in [-0.39, 0.29) is 17.6 Å². The number of rotatable bonds is 4. The van der Waals surface area contributed by atoms with Crippen molar-refractivity contribution in [3.8, 4) is 11.8 Å². The first-order valence-electron chi connectivity index (χ1n) is 11.2. The molecule has 5 rings (SSSR count). The molecule has 2 N–H and O–H groups in total. The number of hydrogen-bond donors (Lipinski definition) is 2. The normalized spacial score (nSPS) is 18.7. The first-order chi connectivity index (χ1) is 16.2. The zero-order valence-corrected chi connectivity index (χ0v) is 20.0. The average molecular weight is 478 g/mol. The van der Waals surface area contributed by atoms with Crippen LogP contribution < -0.4 is 9.46 Å². The molecule has 1 aliphatic carbocycles. The first-order valence-corrected chi connectivity index (χ1v) is 12.3. The Morgan fingerprint density at radius 1 is 1.26 bits per heavy atom. The molecule has 1 fully saturated rings. The van der Waals surface area contributed by atoms with Crippen LogP contribution in [0.1, 0.15) is 59.4 Å². The second-order valence-corrected chi connectivity index (χ2v) is 10.2. The van der Waals surface area contributed by atoms with E-state index in [4.69, 9.17) is 4.74 Å². The van der Waals surface area contributed by atoms with Crippen molar-refractivity contribution >= 4 is 33.6 Å². The SMILES string of the molecule is CN1CCC(Oc2cc3c(cc2NS(=O)[O-])C(=O)c2c([nH]c4cc(C#N)ccc24)C3(C)C)CC1. The lowest BCUT2D eigenvalue weighted by atomic mass is 9.71. The Hall–Kier alpha value is -3.19. The van der Waals surface area contributed by atoms with Crippen molar-refractivity contribution in [2.24, 2.45) is 0 Å². The summed E-state index contributed by atoms with van der Waals surface area (Å²) in [7, 11) is 2.06. The fraction of sp³-hybridized carbons (Fsp3) is 0.360. The molecule has 0 bridgehead atoms. The molecule has 0 amide bonds. The van der Waals surface area contributed by atoms with Crippen LogP contribution in [0.5, 0.6) is 5.75 Å². The van der Waals surface area contributed by atoms with Gasteiger partial charge in [0.15, 0.2) is 5.78 Å². The molecule has 3 aromatic rings. The maximum atomic E-state index is 13.7. The van der Waals surface area contributed by atoms with Gasteiger partial charge in [0.2, 0.25) is 0 Å². The number of nitrogens with zero attached hydrogens (tertiary/aromatic N) is 2. The van der Waals surface area contributed by atoms with E-state index < -0.39 is 16.7 Å². The van der Waals surface area contributed by atoms with Crippen molar-refractivity contribution in [2.45, 2.75) is 38.2 Å². The largest absolute Gasteiger partial charge is 0.755 e. The third-order valence-corrected chi connectivity index (χ3v) is 7.36. The van der Waals surface area contributed by atoms with Gasteiger partial charge < -0.3 is 23.9 Å². The van der Waals surface area contributed by atoms with Gasteiger partial charge in [-0.05, 0) is 49.7 Å². The number of H-pyrrole nitrogens is 1. The Kier molecular flexibility index (Phi) is 5.47. The van der Waals surface area contributed by atoms with Gasteiger partial charge in [0, 0.05) is 51.9 Å². The summed E-state index contributed by atoms with van der Waals surface area (Å²) in [6.45, 7) is 5.85. The van der Waals surface area contributed by atoms with Crippen molar-refractivity contribution in [1.82, 2.24) is 9.88 Å². The van der Waals surface area contributed by atoms with Gasteiger partial charge in [-0.2, -0.15) is 5.26 Å². The molecular weight excluding hydrogens is 452 g/mol. The molecule has 0 spiro atoms. The minimum Gasteiger partial charge on any atom is -0.755 e. The number of ketones is 1. The molecule has 1 atom stereocenters. The number of hydrogen-bond acceptors (Lipinski definition) is 6. The Morgan fingerprint density at radius 3 is 2.68 bits per heavy atom. The highest BCUT2D eigenvalue weighted by molar-refractivity contribution is 7.80. The van der Waals surface area contributed by atoms with E-state index in [1.807, 2.05) is 13.8 Å². The van der Waals surface area contributed by atoms with E-state index in [1.54, 1.807) is 30.3 Å². The quantitative estimate of drug-likeness (QED) is 0.554. The highest BCUT2D eigenvalue weighted by Gasteiger charge is 2.40. The molecule has 8 nitrogen and oxygen atoms in total. The smallest absolute Gasteiger partial charge is 0.195 e. The van der Waals surface area contributed by atoms with Crippen LogP contribution in [0.25, 0.3) is 10.9 Å². The Balaban J connectivity index is 1.64. The van der Waals surface area contributed by atoms with Gasteiger partial charge in [-0.15, -0.1) is 0 Å². The number of piperidine rings is 1. The molecule has 2 heterocycles. The number of carbonyl (C=O) groups is 1. The van der Waals surface area contributed by atoms with E-state index in [0.717, 1.165) is 48.1 Å². The molecule has 34 heavy (non-hydrogen) atoms. The van der Waals surface area contributed by atoms with Crippen molar-refractivity contribution in [2.75, 3.05) is 24.9 Å². The number of likely N-dealkylation sites (tertiary alicyclic amines) is 1. The second kappa shape index (κ2) is 8.24. The van der Waals surface area contributed by atoms with Crippen LogP contribution >= 0.6 is 0 Å². The monoisotopic (exact) mass is 477 g/mol. The first kappa shape index (κ1) is 22.6. The number of anilines is 1. The van der Waals surface area contributed by atoms with Crippen LogP contribution in [0.15, 0.2) is 30.3 Å². The summed E-state index contributed by atoms with van der Waals surface area (Å²) >= 11 is -2.57. The Bertz CT molecular complexity index is 1380. The summed E-state index contributed by atoms with van der Waals surface area (Å²) in [6.07, 6.45) is 1.64. The van der Waals surface area contributed by atoms with E-state index >= 15 is 0 Å². The molecule has 1 aliphatic heterocycles. The Morgan fingerprint density at radius 2 is 2.00 bits per heavy atom. The number of benzene rings is 2. The van der Waals surface area contributed by atoms with Crippen molar-refractivity contribution in [3.63, 3.8) is 0 Å². The van der Waals surface area contributed by atoms with Crippen LogP contribution in [-0.4, -0.2) is 50.7 Å². The topological polar surface area (TPSA) is 121 Å². The zero-order chi connectivity index (χ0) is 24.2. The van der Waals surface area contributed by atoms with Crippen LogP contribution in [0.4, 0.5) is 5.69 Å². The van der Waals surface area contributed by atoms with Crippen LogP contribution in [-0.2, 0) is 16.7 Å². The number of nitriles is 1. The summed E-state index contributed by atoms with van der Waals surface area (Å²) in [5.41, 5.74) is 3.43. The Labute approximate surface area is 200 Å². The van der Waals surface area contributed by atoms with Gasteiger partial charge in [0.1, 0.15) is 11.9 Å². The molecule has 0 radical (unpaired) electrons. The third kappa shape index (κ3) is 3.68. The molecular formula is C25H25N4O4S-. The minimum atomic E-state index is -2.57. The van der Waals surface area contributed by atoms with Gasteiger partial charge in [-0.25, -0.2) is 0 Å². The number of ether oxygens (including phenoxy) is 1. The third-order valence-electron chi connectivity index (χ3n) is 6.97. The van der Waals surface area contributed by atoms with E-state index in [9.17, 15) is 18.8 Å². The molecule has 2 aliphatic rings. The number of aromatic nitrogens is 1. The van der Waals surface area contributed by atoms with Crippen molar-refractivity contribution < 1.29 is 18.3 Å². The number of carbonyl (C=O) groups excluding carboxylic acids is 1. The fourth-order valence-corrected chi connectivity index (χ4v) is 5.41. The summed E-state index contributed by atoms with van der Waals surface area (Å²) in [5, 5.41) is 10.0. The highest BCUT2D eigenvalue weighted by Crippen LogP contribution is 2.46. The maximum Gasteiger partial charge on any atom is 0.195 e. The van der Waals surface area contributed by atoms with Crippen molar-refractivity contribution in [3.05, 3.63) is 58.3 Å².